The lowest BCUT2D eigenvalue weighted by molar-refractivity contribution is 0.252. The van der Waals surface area contributed by atoms with E-state index in [4.69, 9.17) is 11.6 Å². The molecule has 0 radical (unpaired) electrons. The molecule has 0 aromatic heterocycles. The second kappa shape index (κ2) is 7.48. The van der Waals surface area contributed by atoms with E-state index in [1.165, 1.54) is 0 Å². The van der Waals surface area contributed by atoms with E-state index in [1.54, 1.807) is 0 Å². The third kappa shape index (κ3) is 5.06. The molecule has 5 heteroatoms. The highest BCUT2D eigenvalue weighted by molar-refractivity contribution is 9.10. The van der Waals surface area contributed by atoms with Crippen molar-refractivity contribution in [1.82, 2.24) is 5.32 Å². The van der Waals surface area contributed by atoms with Crippen LogP contribution in [-0.2, 0) is 6.42 Å². The van der Waals surface area contributed by atoms with E-state index in [0.29, 0.717) is 6.54 Å². The van der Waals surface area contributed by atoms with E-state index >= 15 is 0 Å². The number of hydrogen-bond acceptors (Lipinski definition) is 1. The summed E-state index contributed by atoms with van der Waals surface area (Å²) in [5.74, 6) is 0. The molecule has 2 aromatic rings. The Bertz CT molecular complexity index is 629. The number of halogens is 2. The van der Waals surface area contributed by atoms with Gasteiger partial charge in [0.05, 0.1) is 0 Å². The normalized spacial score (nSPS) is 10.2. The topological polar surface area (TPSA) is 41.1 Å². The Balaban J connectivity index is 1.79. The van der Waals surface area contributed by atoms with E-state index in [1.807, 2.05) is 49.4 Å². The summed E-state index contributed by atoms with van der Waals surface area (Å²) in [4.78, 5) is 11.8. The minimum absolute atomic E-state index is 0.203. The van der Waals surface area contributed by atoms with Crippen LogP contribution in [0.1, 0.15) is 11.1 Å². The molecular weight excluding hydrogens is 352 g/mol. The number of benzene rings is 2. The van der Waals surface area contributed by atoms with E-state index < -0.39 is 0 Å². The van der Waals surface area contributed by atoms with Crippen molar-refractivity contribution in [3.05, 3.63) is 63.1 Å². The summed E-state index contributed by atoms with van der Waals surface area (Å²) in [6.45, 7) is 2.55. The number of anilines is 1. The molecular formula is C16H16BrClN2O. The third-order valence-corrected chi connectivity index (χ3v) is 4.17. The fraction of sp³-hybridized carbons (Fsp3) is 0.188. The first kappa shape index (κ1) is 15.9. The molecule has 2 rings (SSSR count). The summed E-state index contributed by atoms with van der Waals surface area (Å²) < 4.78 is 1.02. The molecule has 2 aromatic carbocycles. The average Bonchev–Trinajstić information content (AvgIpc) is 2.45. The van der Waals surface area contributed by atoms with Crippen molar-refractivity contribution < 1.29 is 4.79 Å². The van der Waals surface area contributed by atoms with Gasteiger partial charge in [-0.15, -0.1) is 0 Å². The molecule has 0 heterocycles. The fourth-order valence-electron chi connectivity index (χ4n) is 1.87. The number of carbonyl (C=O) groups excluding carboxylic acids is 1. The van der Waals surface area contributed by atoms with Crippen molar-refractivity contribution in [2.45, 2.75) is 13.3 Å². The van der Waals surface area contributed by atoms with Crippen LogP contribution in [0.4, 0.5) is 10.5 Å². The Morgan fingerprint density at radius 3 is 2.57 bits per heavy atom. The number of carbonyl (C=O) groups is 1. The smallest absolute Gasteiger partial charge is 0.319 e. The van der Waals surface area contributed by atoms with Crippen molar-refractivity contribution in [3.63, 3.8) is 0 Å². The highest BCUT2D eigenvalue weighted by Gasteiger charge is 2.03. The number of rotatable bonds is 4. The van der Waals surface area contributed by atoms with Gasteiger partial charge in [0, 0.05) is 21.7 Å². The van der Waals surface area contributed by atoms with Crippen LogP contribution in [0, 0.1) is 6.92 Å². The number of hydrogen-bond donors (Lipinski definition) is 2. The molecule has 0 fully saturated rings. The largest absolute Gasteiger partial charge is 0.338 e. The van der Waals surface area contributed by atoms with Crippen molar-refractivity contribution in [2.75, 3.05) is 11.9 Å². The predicted octanol–water partition coefficient (Wildman–Crippen LogP) is 4.78. The van der Waals surface area contributed by atoms with Crippen molar-refractivity contribution >= 4 is 39.2 Å². The standard InChI is InChI=1S/C16H16BrClN2O/c1-11-10-14(6-7-15(11)17)20-16(21)19-9-8-12-2-4-13(18)5-3-12/h2-7,10H,8-9H2,1H3,(H2,19,20,21). The maximum absolute atomic E-state index is 11.8. The van der Waals surface area contributed by atoms with Gasteiger partial charge < -0.3 is 10.6 Å². The molecule has 21 heavy (non-hydrogen) atoms. The summed E-state index contributed by atoms with van der Waals surface area (Å²) in [6, 6.07) is 13.1. The molecule has 0 aliphatic rings. The highest BCUT2D eigenvalue weighted by atomic mass is 79.9. The summed E-state index contributed by atoms with van der Waals surface area (Å²) in [6.07, 6.45) is 0.768. The Kier molecular flexibility index (Phi) is 5.65. The van der Waals surface area contributed by atoms with Crippen LogP contribution < -0.4 is 10.6 Å². The van der Waals surface area contributed by atoms with Crippen LogP contribution in [0.5, 0.6) is 0 Å². The lowest BCUT2D eigenvalue weighted by Crippen LogP contribution is -2.30. The second-order valence-electron chi connectivity index (χ2n) is 4.72. The molecule has 0 aliphatic carbocycles. The average molecular weight is 368 g/mol. The number of urea groups is 1. The zero-order valence-corrected chi connectivity index (χ0v) is 14.0. The maximum atomic E-state index is 11.8. The SMILES string of the molecule is Cc1cc(NC(=O)NCCc2ccc(Cl)cc2)ccc1Br. The minimum Gasteiger partial charge on any atom is -0.338 e. The summed E-state index contributed by atoms with van der Waals surface area (Å²) in [7, 11) is 0. The molecule has 0 bridgehead atoms. The molecule has 0 aliphatic heterocycles. The van der Waals surface area contributed by atoms with Gasteiger partial charge in [-0.2, -0.15) is 0 Å². The second-order valence-corrected chi connectivity index (χ2v) is 6.01. The van der Waals surface area contributed by atoms with Gasteiger partial charge >= 0.3 is 6.03 Å². The summed E-state index contributed by atoms with van der Waals surface area (Å²) in [5, 5.41) is 6.36. The molecule has 0 spiro atoms. The Labute approximate surface area is 137 Å². The van der Waals surface area contributed by atoms with Crippen LogP contribution in [0.25, 0.3) is 0 Å². The van der Waals surface area contributed by atoms with Crippen LogP contribution in [0.2, 0.25) is 5.02 Å². The molecule has 0 atom stereocenters. The van der Waals surface area contributed by atoms with Crippen molar-refractivity contribution in [1.29, 1.82) is 0 Å². The zero-order valence-electron chi connectivity index (χ0n) is 11.6. The van der Waals surface area contributed by atoms with Gasteiger partial charge in [-0.1, -0.05) is 39.7 Å². The van der Waals surface area contributed by atoms with E-state index in [0.717, 1.165) is 32.7 Å². The third-order valence-electron chi connectivity index (χ3n) is 3.03. The zero-order chi connectivity index (χ0) is 15.2. The molecule has 2 N–H and O–H groups in total. The van der Waals surface area contributed by atoms with Crippen molar-refractivity contribution in [3.8, 4) is 0 Å². The molecule has 2 amide bonds. The quantitative estimate of drug-likeness (QED) is 0.802. The predicted molar refractivity (Wildman–Crippen MR) is 91.1 cm³/mol. The molecule has 0 saturated carbocycles. The lowest BCUT2D eigenvalue weighted by atomic mass is 10.1. The van der Waals surface area contributed by atoms with Gasteiger partial charge in [0.1, 0.15) is 0 Å². The van der Waals surface area contributed by atoms with Crippen LogP contribution in [0.15, 0.2) is 46.9 Å². The van der Waals surface area contributed by atoms with Crippen LogP contribution >= 0.6 is 27.5 Å². The summed E-state index contributed by atoms with van der Waals surface area (Å²) >= 11 is 9.26. The fourth-order valence-corrected chi connectivity index (χ4v) is 2.24. The van der Waals surface area contributed by atoms with Gasteiger partial charge in [0.2, 0.25) is 0 Å². The molecule has 0 unspecified atom stereocenters. The minimum atomic E-state index is -0.203. The Hall–Kier alpha value is -1.52. The molecule has 0 saturated heterocycles. The van der Waals surface area contributed by atoms with Crippen LogP contribution in [0.3, 0.4) is 0 Å². The van der Waals surface area contributed by atoms with Gasteiger partial charge in [0.25, 0.3) is 0 Å². The number of nitrogens with one attached hydrogen (secondary N) is 2. The summed E-state index contributed by atoms with van der Waals surface area (Å²) in [5.41, 5.74) is 2.99. The lowest BCUT2D eigenvalue weighted by Gasteiger charge is -2.09. The van der Waals surface area contributed by atoms with Gasteiger partial charge in [-0.05, 0) is 54.8 Å². The Morgan fingerprint density at radius 1 is 1.19 bits per heavy atom. The monoisotopic (exact) mass is 366 g/mol. The first-order valence-electron chi connectivity index (χ1n) is 6.60. The van der Waals surface area contributed by atoms with E-state index in [-0.39, 0.29) is 6.03 Å². The molecule has 3 nitrogen and oxygen atoms in total. The maximum Gasteiger partial charge on any atom is 0.319 e. The van der Waals surface area contributed by atoms with Gasteiger partial charge in [-0.25, -0.2) is 4.79 Å². The van der Waals surface area contributed by atoms with Crippen molar-refractivity contribution in [2.24, 2.45) is 0 Å². The molecule has 110 valence electrons. The van der Waals surface area contributed by atoms with Gasteiger partial charge in [-0.3, -0.25) is 0 Å². The Morgan fingerprint density at radius 2 is 1.90 bits per heavy atom. The number of amides is 2. The van der Waals surface area contributed by atoms with E-state index in [2.05, 4.69) is 26.6 Å². The first-order valence-corrected chi connectivity index (χ1v) is 7.77. The van der Waals surface area contributed by atoms with Gasteiger partial charge in [0.15, 0.2) is 0 Å². The van der Waals surface area contributed by atoms with Crippen LogP contribution in [-0.4, -0.2) is 12.6 Å². The number of aryl methyl sites for hydroxylation is 1. The van der Waals surface area contributed by atoms with E-state index in [9.17, 15) is 4.79 Å². The first-order chi connectivity index (χ1) is 10.0. The highest BCUT2D eigenvalue weighted by Crippen LogP contribution is 2.19.